The zero-order chi connectivity index (χ0) is 21.8. The molecule has 1 fully saturated rings. The average molecular weight is 422 g/mol. The summed E-state index contributed by atoms with van der Waals surface area (Å²) in [5, 5.41) is 15.5. The number of ether oxygens (including phenoxy) is 1. The van der Waals surface area contributed by atoms with Crippen molar-refractivity contribution in [1.29, 1.82) is 0 Å². The van der Waals surface area contributed by atoms with Crippen LogP contribution in [-0.4, -0.2) is 83.5 Å². The van der Waals surface area contributed by atoms with Gasteiger partial charge in [-0.2, -0.15) is 0 Å². The summed E-state index contributed by atoms with van der Waals surface area (Å²) in [5.41, 5.74) is 6.59. The second-order valence-corrected chi connectivity index (χ2v) is 7.87. The van der Waals surface area contributed by atoms with Crippen molar-refractivity contribution in [1.82, 2.24) is 20.2 Å². The Morgan fingerprint density at radius 2 is 2.27 bits per heavy atom. The second-order valence-electron chi connectivity index (χ2n) is 7.87. The number of nitrogens with zero attached hydrogens (tertiary/aromatic N) is 4. The monoisotopic (exact) mass is 421 g/mol. The van der Waals surface area contributed by atoms with Gasteiger partial charge in [0.1, 0.15) is 30.5 Å². The van der Waals surface area contributed by atoms with Crippen LogP contribution in [0.3, 0.4) is 0 Å². The fourth-order valence-electron chi connectivity index (χ4n) is 3.80. The van der Waals surface area contributed by atoms with Crippen molar-refractivity contribution < 1.29 is 19.4 Å². The molecule has 1 aromatic rings. The molecule has 0 aromatic carbocycles. The number of ketones is 1. The maximum Gasteiger partial charge on any atom is 0.306 e. The number of nitrogens with one attached hydrogen (secondary N) is 2. The van der Waals surface area contributed by atoms with Crippen LogP contribution in [0.1, 0.15) is 26.7 Å². The Morgan fingerprint density at radius 3 is 2.97 bits per heavy atom. The zero-order valence-electron chi connectivity index (χ0n) is 17.7. The highest BCUT2D eigenvalue weighted by Gasteiger charge is 2.43. The molecule has 3 heterocycles. The number of hydrogen-bond acceptors (Lipinski definition) is 10. The van der Waals surface area contributed by atoms with Crippen LogP contribution in [0.5, 0.6) is 0 Å². The van der Waals surface area contributed by atoms with Gasteiger partial charge in [0.25, 0.3) is 0 Å². The molecule has 1 aromatic heterocycles. The summed E-state index contributed by atoms with van der Waals surface area (Å²) in [5.74, 6) is -0.222. The number of carboxylic acid groups (broad SMARTS) is 1. The minimum absolute atomic E-state index is 0.0309. The van der Waals surface area contributed by atoms with E-state index in [1.54, 1.807) is 6.92 Å². The number of nitrogens with two attached hydrogens (primary N) is 1. The van der Waals surface area contributed by atoms with E-state index >= 15 is 0 Å². The lowest BCUT2D eigenvalue weighted by Crippen LogP contribution is -2.43. The van der Waals surface area contributed by atoms with Crippen LogP contribution in [-0.2, 0) is 14.3 Å². The Balaban J connectivity index is 1.65. The molecule has 2 aliphatic heterocycles. The third-order valence-corrected chi connectivity index (χ3v) is 5.64. The number of fused-ring (bicyclic) bond motifs is 1. The van der Waals surface area contributed by atoms with Crippen LogP contribution in [0.4, 0.5) is 17.3 Å². The quantitative estimate of drug-likeness (QED) is 0.403. The number of Topliss-reactive ketones (excluding diaryl/α,β-unsaturated/α-hetero) is 1. The van der Waals surface area contributed by atoms with Gasteiger partial charge in [0.05, 0.1) is 12.3 Å². The third-order valence-electron chi connectivity index (χ3n) is 5.64. The van der Waals surface area contributed by atoms with Crippen molar-refractivity contribution in [2.45, 2.75) is 45.2 Å². The van der Waals surface area contributed by atoms with Gasteiger partial charge in [-0.3, -0.25) is 14.5 Å². The minimum atomic E-state index is -0.813. The van der Waals surface area contributed by atoms with Gasteiger partial charge in [-0.15, -0.1) is 0 Å². The topological polar surface area (TPSA) is 146 Å². The van der Waals surface area contributed by atoms with E-state index in [0.717, 1.165) is 6.54 Å². The molecule has 4 atom stereocenters. The lowest BCUT2D eigenvalue weighted by Gasteiger charge is -2.30. The fraction of sp³-hybridized carbons (Fsp3) is 0.684. The van der Waals surface area contributed by atoms with Gasteiger partial charge in [-0.05, 0) is 26.9 Å². The Kier molecular flexibility index (Phi) is 7.06. The normalized spacial score (nSPS) is 24.2. The van der Waals surface area contributed by atoms with E-state index in [4.69, 9.17) is 15.6 Å². The van der Waals surface area contributed by atoms with Gasteiger partial charge in [-0.25, -0.2) is 9.97 Å². The predicted octanol–water partition coefficient (Wildman–Crippen LogP) is -0.0470. The van der Waals surface area contributed by atoms with Crippen LogP contribution in [0, 0.1) is 5.92 Å². The van der Waals surface area contributed by atoms with Crippen molar-refractivity contribution in [3.63, 3.8) is 0 Å². The number of carbonyl (C=O) groups excluding carboxylic acids is 1. The predicted molar refractivity (Wildman–Crippen MR) is 112 cm³/mol. The molecule has 5 N–H and O–H groups in total. The Hall–Kier alpha value is -2.50. The number of carboxylic acids is 1. The Morgan fingerprint density at radius 1 is 1.50 bits per heavy atom. The molecule has 11 nitrogen and oxygen atoms in total. The van der Waals surface area contributed by atoms with E-state index in [-0.39, 0.29) is 18.4 Å². The van der Waals surface area contributed by atoms with E-state index < -0.39 is 24.2 Å². The highest BCUT2D eigenvalue weighted by molar-refractivity contribution is 5.87. The first-order valence-electron chi connectivity index (χ1n) is 10.2. The van der Waals surface area contributed by atoms with Gasteiger partial charge in [0.15, 0.2) is 17.4 Å². The molecule has 0 radical (unpaired) electrons. The van der Waals surface area contributed by atoms with Crippen LogP contribution in [0.25, 0.3) is 0 Å². The van der Waals surface area contributed by atoms with Gasteiger partial charge < -0.3 is 31.1 Å². The standard InChI is InChI=1S/C19H31N7O4/c1-11(19(28)29)4-6-25(7-5-21-3)9-14-13(27)8-15(30-14)26-12(2)24-16-17(20)22-10-23-18(16)26/h10-12,14-15,21,24H,4-9H2,1-3H3,(H,28,29)(H2,20,22,23)/t11?,12?,14-,15-/m1/s1. The van der Waals surface area contributed by atoms with Crippen LogP contribution in [0.15, 0.2) is 6.33 Å². The summed E-state index contributed by atoms with van der Waals surface area (Å²) in [6.45, 7) is 6.10. The van der Waals surface area contributed by atoms with Gasteiger partial charge >= 0.3 is 5.97 Å². The number of aliphatic carboxylic acids is 1. The van der Waals surface area contributed by atoms with E-state index in [1.165, 1.54) is 6.33 Å². The SMILES string of the molecule is CNCCN(CCC(C)C(=O)O)C[C@H]1O[C@@H](N2c3ncnc(N)c3NC2C)CC1=O. The Labute approximate surface area is 176 Å². The molecule has 3 rings (SSSR count). The highest BCUT2D eigenvalue weighted by Crippen LogP contribution is 2.39. The Bertz CT molecular complexity index is 777. The van der Waals surface area contributed by atoms with Crippen molar-refractivity contribution >= 4 is 29.1 Å². The van der Waals surface area contributed by atoms with Gasteiger partial charge in [0.2, 0.25) is 0 Å². The van der Waals surface area contributed by atoms with E-state index in [0.29, 0.717) is 43.4 Å². The smallest absolute Gasteiger partial charge is 0.306 e. The molecule has 1 saturated heterocycles. The first-order chi connectivity index (χ1) is 14.3. The molecule has 0 amide bonds. The average Bonchev–Trinajstić information content (AvgIpc) is 3.23. The van der Waals surface area contributed by atoms with Crippen molar-refractivity contribution in [3.05, 3.63) is 6.33 Å². The largest absolute Gasteiger partial charge is 0.481 e. The minimum Gasteiger partial charge on any atom is -0.481 e. The summed E-state index contributed by atoms with van der Waals surface area (Å²) in [7, 11) is 1.86. The summed E-state index contributed by atoms with van der Waals surface area (Å²) in [6.07, 6.45) is 1.03. The van der Waals surface area contributed by atoms with Crippen LogP contribution in [0.2, 0.25) is 0 Å². The first-order valence-corrected chi connectivity index (χ1v) is 10.2. The van der Waals surface area contributed by atoms with E-state index in [9.17, 15) is 9.59 Å². The van der Waals surface area contributed by atoms with Crippen molar-refractivity contribution in [3.8, 4) is 0 Å². The molecular weight excluding hydrogens is 390 g/mol. The lowest BCUT2D eigenvalue weighted by atomic mass is 10.1. The first kappa shape index (κ1) is 22.2. The summed E-state index contributed by atoms with van der Waals surface area (Å²) in [6, 6.07) is 0. The summed E-state index contributed by atoms with van der Waals surface area (Å²) < 4.78 is 6.15. The number of hydrogen-bond donors (Lipinski definition) is 4. The highest BCUT2D eigenvalue weighted by atomic mass is 16.5. The number of nitrogen functional groups attached to an aromatic ring is 1. The van der Waals surface area contributed by atoms with Crippen LogP contribution >= 0.6 is 0 Å². The molecule has 0 spiro atoms. The number of rotatable bonds is 10. The molecular formula is C19H31N7O4. The number of anilines is 3. The van der Waals surface area contributed by atoms with Crippen LogP contribution < -0.4 is 21.3 Å². The molecule has 0 bridgehead atoms. The second kappa shape index (κ2) is 9.54. The molecule has 166 valence electrons. The fourth-order valence-corrected chi connectivity index (χ4v) is 3.80. The molecule has 2 aliphatic rings. The molecule has 0 saturated carbocycles. The zero-order valence-corrected chi connectivity index (χ0v) is 17.7. The molecule has 0 aliphatic carbocycles. The van der Waals surface area contributed by atoms with Crippen molar-refractivity contribution in [2.24, 2.45) is 5.92 Å². The van der Waals surface area contributed by atoms with Gasteiger partial charge in [-0.1, -0.05) is 6.92 Å². The lowest BCUT2D eigenvalue weighted by molar-refractivity contribution is -0.141. The summed E-state index contributed by atoms with van der Waals surface area (Å²) in [4.78, 5) is 36.2. The number of likely N-dealkylation sites (N-methyl/N-ethyl adjacent to an activating group) is 1. The summed E-state index contributed by atoms with van der Waals surface area (Å²) >= 11 is 0. The maximum absolute atomic E-state index is 12.7. The number of carbonyl (C=O) groups is 2. The molecule has 30 heavy (non-hydrogen) atoms. The molecule has 11 heteroatoms. The van der Waals surface area contributed by atoms with E-state index in [2.05, 4.69) is 25.5 Å². The third kappa shape index (κ3) is 4.79. The van der Waals surface area contributed by atoms with Gasteiger partial charge in [0, 0.05) is 19.6 Å². The maximum atomic E-state index is 12.7. The number of aromatic nitrogens is 2. The van der Waals surface area contributed by atoms with E-state index in [1.807, 2.05) is 18.9 Å². The van der Waals surface area contributed by atoms with Crippen molar-refractivity contribution in [2.75, 3.05) is 49.2 Å². The molecule has 2 unspecified atom stereocenters.